The summed E-state index contributed by atoms with van der Waals surface area (Å²) < 4.78 is 3.08. The van der Waals surface area contributed by atoms with Gasteiger partial charge in [0.1, 0.15) is 0 Å². The molecule has 0 spiro atoms. The first-order chi connectivity index (χ1) is 7.49. The van der Waals surface area contributed by atoms with Crippen LogP contribution in [0.4, 0.5) is 0 Å². The monoisotopic (exact) mass is 462 g/mol. The molecule has 1 atom stereocenters. The molecule has 6 heteroatoms. The van der Waals surface area contributed by atoms with Crippen molar-refractivity contribution in [1.29, 1.82) is 0 Å². The van der Waals surface area contributed by atoms with Gasteiger partial charge in [-0.15, -0.1) is 22.7 Å². The number of hydrogen-bond donors (Lipinski definition) is 0. The van der Waals surface area contributed by atoms with Crippen molar-refractivity contribution in [2.24, 2.45) is 0 Å². The van der Waals surface area contributed by atoms with Crippen LogP contribution in [0.2, 0.25) is 4.34 Å². The smallest absolute Gasteiger partial charge is 0.0960 e. The molecule has 2 aromatic heterocycles. The van der Waals surface area contributed by atoms with Crippen LogP contribution < -0.4 is 0 Å². The normalized spacial score (nSPS) is 13.1. The van der Waals surface area contributed by atoms with Crippen molar-refractivity contribution in [2.45, 2.75) is 11.8 Å². The molecule has 0 N–H and O–H groups in total. The van der Waals surface area contributed by atoms with Crippen LogP contribution in [0.1, 0.15) is 20.1 Å². The second kappa shape index (κ2) is 5.41. The SMILES string of the molecule is Cc1cc(C(Br)c2cc(Br)c(Br)s2)sc1Cl. The molecule has 0 bridgehead atoms. The van der Waals surface area contributed by atoms with Crippen LogP contribution in [-0.2, 0) is 0 Å². The first kappa shape index (κ1) is 13.6. The molecule has 0 saturated heterocycles. The van der Waals surface area contributed by atoms with E-state index in [9.17, 15) is 0 Å². The maximum Gasteiger partial charge on any atom is 0.0960 e. The van der Waals surface area contributed by atoms with Gasteiger partial charge in [-0.3, -0.25) is 0 Å². The van der Waals surface area contributed by atoms with E-state index in [4.69, 9.17) is 11.6 Å². The number of halogens is 4. The minimum atomic E-state index is 0.219. The zero-order valence-electron chi connectivity index (χ0n) is 8.06. The molecule has 2 aromatic rings. The predicted octanol–water partition coefficient (Wildman–Crippen LogP) is 6.78. The Balaban J connectivity index is 2.34. The van der Waals surface area contributed by atoms with E-state index < -0.39 is 0 Å². The zero-order valence-corrected chi connectivity index (χ0v) is 15.2. The zero-order chi connectivity index (χ0) is 11.9. The van der Waals surface area contributed by atoms with Crippen LogP contribution in [0.5, 0.6) is 0 Å². The lowest BCUT2D eigenvalue weighted by molar-refractivity contribution is 1.28. The molecule has 0 aliphatic carbocycles. The Morgan fingerprint density at radius 1 is 1.19 bits per heavy atom. The van der Waals surface area contributed by atoms with Crippen LogP contribution >= 0.6 is 82.1 Å². The van der Waals surface area contributed by atoms with Crippen LogP contribution in [0.25, 0.3) is 0 Å². The summed E-state index contributed by atoms with van der Waals surface area (Å²) in [5.41, 5.74) is 1.14. The van der Waals surface area contributed by atoms with Crippen molar-refractivity contribution in [3.05, 3.63) is 40.0 Å². The fourth-order valence-corrected chi connectivity index (χ4v) is 5.44. The fourth-order valence-electron chi connectivity index (χ4n) is 1.24. The van der Waals surface area contributed by atoms with Gasteiger partial charge in [0, 0.05) is 14.2 Å². The Bertz CT molecular complexity index is 433. The summed E-state index contributed by atoms with van der Waals surface area (Å²) >= 11 is 20.1. The van der Waals surface area contributed by atoms with Gasteiger partial charge in [-0.25, -0.2) is 0 Å². The number of aryl methyl sites for hydroxylation is 1. The first-order valence-electron chi connectivity index (χ1n) is 4.33. The van der Waals surface area contributed by atoms with Crippen LogP contribution in [-0.4, -0.2) is 0 Å². The Hall–Kier alpha value is 1.13. The Morgan fingerprint density at radius 3 is 2.25 bits per heavy atom. The first-order valence-corrected chi connectivity index (χ1v) is 8.85. The highest BCUT2D eigenvalue weighted by molar-refractivity contribution is 9.13. The lowest BCUT2D eigenvalue weighted by atomic mass is 10.2. The summed E-state index contributed by atoms with van der Waals surface area (Å²) in [5.74, 6) is 0. The second-order valence-electron chi connectivity index (χ2n) is 3.24. The second-order valence-corrected chi connectivity index (χ2v) is 9.10. The molecular formula is C10H6Br3ClS2. The summed E-state index contributed by atoms with van der Waals surface area (Å²) in [4.78, 5) is 2.72. The Morgan fingerprint density at radius 2 is 1.81 bits per heavy atom. The minimum Gasteiger partial charge on any atom is -0.130 e. The summed E-state index contributed by atoms with van der Waals surface area (Å²) in [6.07, 6.45) is 0. The largest absolute Gasteiger partial charge is 0.130 e. The lowest BCUT2D eigenvalue weighted by Crippen LogP contribution is -1.83. The quantitative estimate of drug-likeness (QED) is 0.429. The third-order valence-electron chi connectivity index (χ3n) is 2.04. The van der Waals surface area contributed by atoms with Crippen LogP contribution in [0, 0.1) is 6.92 Å². The molecule has 86 valence electrons. The van der Waals surface area contributed by atoms with Gasteiger partial charge in [0.25, 0.3) is 0 Å². The lowest BCUT2D eigenvalue weighted by Gasteiger charge is -2.03. The van der Waals surface area contributed by atoms with E-state index >= 15 is 0 Å². The fraction of sp³-hybridized carbons (Fsp3) is 0.200. The summed E-state index contributed by atoms with van der Waals surface area (Å²) in [5, 5.41) is 0. The van der Waals surface area contributed by atoms with Crippen molar-refractivity contribution in [3.63, 3.8) is 0 Å². The third-order valence-corrected chi connectivity index (χ3v) is 8.57. The molecule has 0 nitrogen and oxygen atoms in total. The highest BCUT2D eigenvalue weighted by atomic mass is 79.9. The van der Waals surface area contributed by atoms with Crippen molar-refractivity contribution in [1.82, 2.24) is 0 Å². The van der Waals surface area contributed by atoms with Gasteiger partial charge in [-0.05, 0) is 56.5 Å². The highest BCUT2D eigenvalue weighted by Crippen LogP contribution is 2.44. The molecule has 1 unspecified atom stereocenters. The Labute approximate surface area is 132 Å². The average Bonchev–Trinajstić information content (AvgIpc) is 2.72. The maximum absolute atomic E-state index is 6.08. The maximum atomic E-state index is 6.08. The van der Waals surface area contributed by atoms with Crippen molar-refractivity contribution < 1.29 is 0 Å². The standard InChI is InChI=1S/C10H6Br3ClS2/c1-4-2-6(16-10(4)14)8(12)7-3-5(11)9(13)15-7/h2-3,8H,1H3. The van der Waals surface area contributed by atoms with E-state index in [0.717, 1.165) is 18.2 Å². The molecule has 0 aliphatic rings. The van der Waals surface area contributed by atoms with Crippen LogP contribution in [0.15, 0.2) is 20.4 Å². The number of rotatable bonds is 2. The van der Waals surface area contributed by atoms with Gasteiger partial charge in [0.05, 0.1) is 12.9 Å². The van der Waals surface area contributed by atoms with Crippen molar-refractivity contribution >= 4 is 82.1 Å². The van der Waals surface area contributed by atoms with E-state index in [2.05, 4.69) is 59.9 Å². The molecule has 2 heterocycles. The molecule has 0 radical (unpaired) electrons. The Kier molecular flexibility index (Phi) is 4.58. The summed E-state index contributed by atoms with van der Waals surface area (Å²) in [7, 11) is 0. The average molecular weight is 465 g/mol. The van der Waals surface area contributed by atoms with E-state index in [1.165, 1.54) is 9.75 Å². The molecule has 0 saturated carbocycles. The van der Waals surface area contributed by atoms with Crippen molar-refractivity contribution in [3.8, 4) is 0 Å². The van der Waals surface area contributed by atoms with Gasteiger partial charge in [0.15, 0.2) is 0 Å². The van der Waals surface area contributed by atoms with E-state index in [-0.39, 0.29) is 4.83 Å². The third kappa shape index (κ3) is 2.75. The molecule has 0 fully saturated rings. The van der Waals surface area contributed by atoms with Gasteiger partial charge in [-0.2, -0.15) is 0 Å². The predicted molar refractivity (Wildman–Crippen MR) is 84.6 cm³/mol. The topological polar surface area (TPSA) is 0 Å². The summed E-state index contributed by atoms with van der Waals surface area (Å²) in [6.45, 7) is 2.03. The van der Waals surface area contributed by atoms with E-state index in [0.29, 0.717) is 0 Å². The molecule has 0 amide bonds. The minimum absolute atomic E-state index is 0.219. The van der Waals surface area contributed by atoms with Gasteiger partial charge < -0.3 is 0 Å². The number of thiophene rings is 2. The number of alkyl halides is 1. The van der Waals surface area contributed by atoms with Gasteiger partial charge in [0.2, 0.25) is 0 Å². The van der Waals surface area contributed by atoms with Crippen molar-refractivity contribution in [2.75, 3.05) is 0 Å². The molecule has 0 aliphatic heterocycles. The van der Waals surface area contributed by atoms with Gasteiger partial charge >= 0.3 is 0 Å². The molecule has 2 rings (SSSR count). The molecule has 16 heavy (non-hydrogen) atoms. The highest BCUT2D eigenvalue weighted by Gasteiger charge is 2.17. The van der Waals surface area contributed by atoms with Crippen LogP contribution in [0.3, 0.4) is 0 Å². The summed E-state index contributed by atoms with van der Waals surface area (Å²) in [6, 6.07) is 4.26. The molecule has 0 aromatic carbocycles. The molecular weight excluding hydrogens is 459 g/mol. The van der Waals surface area contributed by atoms with E-state index in [1.54, 1.807) is 22.7 Å². The number of hydrogen-bond acceptors (Lipinski definition) is 2. The van der Waals surface area contributed by atoms with E-state index in [1.807, 2.05) is 6.92 Å². The van der Waals surface area contributed by atoms with Gasteiger partial charge in [-0.1, -0.05) is 27.5 Å².